The maximum Gasteiger partial charge on any atom is 0.229 e. The first-order valence-electron chi connectivity index (χ1n) is 7.30. The molecule has 1 saturated heterocycles. The third-order valence-corrected chi connectivity index (χ3v) is 4.89. The molecule has 114 valence electrons. The van der Waals surface area contributed by atoms with Gasteiger partial charge in [-0.15, -0.1) is 0 Å². The van der Waals surface area contributed by atoms with Crippen LogP contribution in [0.5, 0.6) is 0 Å². The Kier molecular flexibility index (Phi) is 2.56. The van der Waals surface area contributed by atoms with Gasteiger partial charge in [-0.1, -0.05) is 27.7 Å². The standard InChI is InChI=1S/C16H20O5/c1-13(2)5-9(17)15(10(18)6-13)16(21-15)11(19)7-14(3,4)8-12(16)20/h5-8H2,1-4H3. The molecular weight excluding hydrogens is 272 g/mol. The highest BCUT2D eigenvalue weighted by molar-refractivity contribution is 6.32. The summed E-state index contributed by atoms with van der Waals surface area (Å²) in [5.74, 6) is -1.65. The average Bonchev–Trinajstić information content (AvgIpc) is 2.94. The Labute approximate surface area is 123 Å². The van der Waals surface area contributed by atoms with Crippen LogP contribution in [0.25, 0.3) is 0 Å². The van der Waals surface area contributed by atoms with Crippen LogP contribution in [0.2, 0.25) is 0 Å². The molecule has 0 aromatic carbocycles. The Morgan fingerprint density at radius 3 is 1.10 bits per heavy atom. The molecule has 3 rings (SSSR count). The minimum Gasteiger partial charge on any atom is -0.329 e. The number of ether oxygens (including phenoxy) is 1. The van der Waals surface area contributed by atoms with Gasteiger partial charge in [-0.25, -0.2) is 0 Å². The summed E-state index contributed by atoms with van der Waals surface area (Å²) in [6.45, 7) is 7.33. The van der Waals surface area contributed by atoms with Gasteiger partial charge in [0.2, 0.25) is 11.2 Å². The molecule has 0 aromatic rings. The van der Waals surface area contributed by atoms with Crippen molar-refractivity contribution in [3.8, 4) is 0 Å². The van der Waals surface area contributed by atoms with Gasteiger partial charge in [-0.05, 0) is 10.8 Å². The lowest BCUT2D eigenvalue weighted by molar-refractivity contribution is -0.146. The van der Waals surface area contributed by atoms with E-state index in [1.165, 1.54) is 0 Å². The van der Waals surface area contributed by atoms with Crippen LogP contribution in [0.4, 0.5) is 0 Å². The zero-order valence-electron chi connectivity index (χ0n) is 12.9. The van der Waals surface area contributed by atoms with Crippen molar-refractivity contribution in [2.45, 2.75) is 64.6 Å². The van der Waals surface area contributed by atoms with Gasteiger partial charge in [0, 0.05) is 25.7 Å². The monoisotopic (exact) mass is 292 g/mol. The van der Waals surface area contributed by atoms with Crippen molar-refractivity contribution in [2.75, 3.05) is 0 Å². The van der Waals surface area contributed by atoms with Gasteiger partial charge in [0.15, 0.2) is 23.1 Å². The van der Waals surface area contributed by atoms with Crippen molar-refractivity contribution in [1.82, 2.24) is 0 Å². The van der Waals surface area contributed by atoms with Crippen LogP contribution in [0.1, 0.15) is 53.4 Å². The van der Waals surface area contributed by atoms with Gasteiger partial charge in [0.1, 0.15) is 0 Å². The second-order valence-electron chi connectivity index (χ2n) is 8.19. The Hall–Kier alpha value is -1.36. The van der Waals surface area contributed by atoms with E-state index in [0.29, 0.717) is 0 Å². The summed E-state index contributed by atoms with van der Waals surface area (Å²) in [4.78, 5) is 49.9. The molecule has 3 fully saturated rings. The summed E-state index contributed by atoms with van der Waals surface area (Å²) < 4.78 is 5.41. The van der Waals surface area contributed by atoms with Crippen LogP contribution < -0.4 is 0 Å². The highest BCUT2D eigenvalue weighted by Crippen LogP contribution is 2.60. The van der Waals surface area contributed by atoms with E-state index >= 15 is 0 Å². The second kappa shape index (κ2) is 3.69. The summed E-state index contributed by atoms with van der Waals surface area (Å²) in [5, 5.41) is 0. The van der Waals surface area contributed by atoms with E-state index in [2.05, 4.69) is 0 Å². The summed E-state index contributed by atoms with van der Waals surface area (Å²) in [5.41, 5.74) is -4.47. The molecule has 0 atom stereocenters. The summed E-state index contributed by atoms with van der Waals surface area (Å²) in [7, 11) is 0. The number of Topliss-reactive ketones (excluding diaryl/α,β-unsaturated/α-hetero) is 4. The number of ketones is 4. The van der Waals surface area contributed by atoms with Crippen molar-refractivity contribution >= 4 is 23.1 Å². The Morgan fingerprint density at radius 2 is 0.857 bits per heavy atom. The first-order valence-corrected chi connectivity index (χ1v) is 7.30. The van der Waals surface area contributed by atoms with E-state index < -0.39 is 45.2 Å². The number of carbonyl (C=O) groups is 4. The van der Waals surface area contributed by atoms with E-state index in [-0.39, 0.29) is 25.7 Å². The Balaban J connectivity index is 2.01. The molecule has 0 radical (unpaired) electrons. The van der Waals surface area contributed by atoms with Gasteiger partial charge >= 0.3 is 0 Å². The minimum absolute atomic E-state index is 0.157. The number of fused-ring (bicyclic) bond motifs is 1. The quantitative estimate of drug-likeness (QED) is 0.498. The minimum atomic E-state index is -1.80. The van der Waals surface area contributed by atoms with Gasteiger partial charge in [-0.3, -0.25) is 19.2 Å². The average molecular weight is 292 g/mol. The van der Waals surface area contributed by atoms with E-state index in [4.69, 9.17) is 4.74 Å². The fourth-order valence-corrected chi connectivity index (χ4v) is 3.89. The molecule has 2 spiro atoms. The van der Waals surface area contributed by atoms with Gasteiger partial charge in [-0.2, -0.15) is 0 Å². The molecule has 0 bridgehead atoms. The molecule has 1 aliphatic heterocycles. The molecule has 0 aromatic heterocycles. The number of epoxide rings is 1. The van der Waals surface area contributed by atoms with Gasteiger partial charge in [0.25, 0.3) is 0 Å². The SMILES string of the molecule is CC1(C)CC(=O)C2(OC23C(=O)CC(C)(C)CC3=O)C(=O)C1. The molecule has 1 heterocycles. The van der Waals surface area contributed by atoms with Crippen molar-refractivity contribution in [3.63, 3.8) is 0 Å². The van der Waals surface area contributed by atoms with Gasteiger partial charge < -0.3 is 4.74 Å². The molecule has 21 heavy (non-hydrogen) atoms. The predicted octanol–water partition coefficient (Wildman–Crippen LogP) is 1.41. The molecule has 5 nitrogen and oxygen atoms in total. The highest BCUT2D eigenvalue weighted by Gasteiger charge is 2.86. The van der Waals surface area contributed by atoms with E-state index in [1.807, 2.05) is 27.7 Å². The van der Waals surface area contributed by atoms with E-state index in [0.717, 1.165) is 0 Å². The molecular formula is C16H20O5. The number of hydrogen-bond acceptors (Lipinski definition) is 5. The third-order valence-electron chi connectivity index (χ3n) is 4.89. The van der Waals surface area contributed by atoms with Gasteiger partial charge in [0.05, 0.1) is 0 Å². The van der Waals surface area contributed by atoms with E-state index in [9.17, 15) is 19.2 Å². The molecule has 0 amide bonds. The summed E-state index contributed by atoms with van der Waals surface area (Å²) in [6, 6.07) is 0. The molecule has 2 aliphatic carbocycles. The number of carbonyl (C=O) groups excluding carboxylic acids is 4. The fraction of sp³-hybridized carbons (Fsp3) is 0.750. The molecule has 3 aliphatic rings. The predicted molar refractivity (Wildman–Crippen MR) is 72.6 cm³/mol. The Morgan fingerprint density at radius 1 is 0.619 bits per heavy atom. The second-order valence-corrected chi connectivity index (χ2v) is 8.19. The van der Waals surface area contributed by atoms with Crippen LogP contribution in [-0.4, -0.2) is 34.3 Å². The van der Waals surface area contributed by atoms with Crippen LogP contribution in [0.15, 0.2) is 0 Å². The lowest BCUT2D eigenvalue weighted by Gasteiger charge is -2.35. The van der Waals surface area contributed by atoms with Crippen molar-refractivity contribution < 1.29 is 23.9 Å². The molecule has 0 N–H and O–H groups in total. The zero-order chi connectivity index (χ0) is 15.8. The fourth-order valence-electron chi connectivity index (χ4n) is 3.89. The smallest absolute Gasteiger partial charge is 0.229 e. The van der Waals surface area contributed by atoms with Crippen LogP contribution in [-0.2, 0) is 23.9 Å². The van der Waals surface area contributed by atoms with Crippen molar-refractivity contribution in [2.24, 2.45) is 10.8 Å². The van der Waals surface area contributed by atoms with Crippen LogP contribution in [0.3, 0.4) is 0 Å². The zero-order valence-corrected chi connectivity index (χ0v) is 12.9. The molecule has 2 saturated carbocycles. The number of hydrogen-bond donors (Lipinski definition) is 0. The van der Waals surface area contributed by atoms with Crippen molar-refractivity contribution in [3.05, 3.63) is 0 Å². The van der Waals surface area contributed by atoms with Crippen molar-refractivity contribution in [1.29, 1.82) is 0 Å². The third kappa shape index (κ3) is 1.67. The highest BCUT2D eigenvalue weighted by atomic mass is 16.6. The van der Waals surface area contributed by atoms with Crippen LogP contribution >= 0.6 is 0 Å². The lowest BCUT2D eigenvalue weighted by atomic mass is 9.61. The first kappa shape index (κ1) is 14.6. The topological polar surface area (TPSA) is 80.8 Å². The lowest BCUT2D eigenvalue weighted by Crippen LogP contribution is -2.57. The largest absolute Gasteiger partial charge is 0.329 e. The Bertz CT molecular complexity index is 504. The summed E-state index contributed by atoms with van der Waals surface area (Å²) >= 11 is 0. The maximum absolute atomic E-state index is 12.5. The maximum atomic E-state index is 12.5. The van der Waals surface area contributed by atoms with Crippen LogP contribution in [0, 0.1) is 10.8 Å². The molecule has 0 unspecified atom stereocenters. The van der Waals surface area contributed by atoms with E-state index in [1.54, 1.807) is 0 Å². The normalized spacial score (nSPS) is 31.8. The summed E-state index contributed by atoms with van der Waals surface area (Å²) in [6.07, 6.45) is 0.629. The number of rotatable bonds is 0. The first-order chi connectivity index (χ1) is 9.47. The molecule has 5 heteroatoms.